The standard InChI is InChI=1S/C24H26ClN3O3/c1-3-12-31-23-19(25)13-17(14-21(23)30-2)24(29)26-18-9-7-16(8-10-18)20-15-28-11-5-4-6-22(28)27-20/h7-10,13-15H,3-6,11-12H2,1-2H3,(H,26,29). The Hall–Kier alpha value is -2.99. The van der Waals surface area contributed by atoms with Crippen molar-refractivity contribution in [2.45, 2.75) is 39.2 Å². The highest BCUT2D eigenvalue weighted by molar-refractivity contribution is 6.32. The van der Waals surface area contributed by atoms with E-state index in [-0.39, 0.29) is 5.91 Å². The zero-order chi connectivity index (χ0) is 21.8. The zero-order valence-corrected chi connectivity index (χ0v) is 18.5. The second-order valence-electron chi connectivity index (χ2n) is 7.56. The molecule has 0 atom stereocenters. The number of ether oxygens (including phenoxy) is 2. The average Bonchev–Trinajstić information content (AvgIpc) is 3.22. The van der Waals surface area contributed by atoms with E-state index in [1.165, 1.54) is 20.0 Å². The SMILES string of the molecule is CCCOc1c(Cl)cc(C(=O)Nc2ccc(-c3cn4c(n3)CCCC4)cc2)cc1OC. The molecule has 162 valence electrons. The maximum atomic E-state index is 12.8. The molecule has 4 rings (SSSR count). The van der Waals surface area contributed by atoms with Crippen LogP contribution >= 0.6 is 11.6 Å². The van der Waals surface area contributed by atoms with Gasteiger partial charge in [-0.05, 0) is 43.5 Å². The lowest BCUT2D eigenvalue weighted by Gasteiger charge is -2.14. The molecule has 2 aromatic carbocycles. The highest BCUT2D eigenvalue weighted by Gasteiger charge is 2.17. The molecule has 0 saturated carbocycles. The number of nitrogens with one attached hydrogen (secondary N) is 1. The lowest BCUT2D eigenvalue weighted by Crippen LogP contribution is -2.12. The minimum Gasteiger partial charge on any atom is -0.493 e. The number of halogens is 1. The molecule has 0 unspecified atom stereocenters. The van der Waals surface area contributed by atoms with Crippen LogP contribution in [0.4, 0.5) is 5.69 Å². The van der Waals surface area contributed by atoms with E-state index >= 15 is 0 Å². The number of nitrogens with zero attached hydrogens (tertiary/aromatic N) is 2. The lowest BCUT2D eigenvalue weighted by molar-refractivity contribution is 0.102. The Bertz CT molecular complexity index is 1050. The monoisotopic (exact) mass is 439 g/mol. The number of hydrogen-bond acceptors (Lipinski definition) is 4. The minimum absolute atomic E-state index is 0.271. The Morgan fingerprint density at radius 3 is 2.74 bits per heavy atom. The number of rotatable bonds is 7. The quantitative estimate of drug-likeness (QED) is 0.521. The number of methoxy groups -OCH3 is 1. The summed E-state index contributed by atoms with van der Waals surface area (Å²) in [6.07, 6.45) is 6.39. The second kappa shape index (κ2) is 9.43. The van der Waals surface area contributed by atoms with E-state index in [1.54, 1.807) is 12.1 Å². The number of benzene rings is 2. The average molecular weight is 440 g/mol. The molecule has 1 aliphatic heterocycles. The van der Waals surface area contributed by atoms with E-state index in [0.717, 1.165) is 36.5 Å². The van der Waals surface area contributed by atoms with Gasteiger partial charge in [0.2, 0.25) is 0 Å². The van der Waals surface area contributed by atoms with Crippen molar-refractivity contribution in [3.8, 4) is 22.8 Å². The van der Waals surface area contributed by atoms with Crippen LogP contribution in [0.1, 0.15) is 42.4 Å². The molecule has 31 heavy (non-hydrogen) atoms. The predicted molar refractivity (Wildman–Crippen MR) is 122 cm³/mol. The summed E-state index contributed by atoms with van der Waals surface area (Å²) < 4.78 is 13.3. The summed E-state index contributed by atoms with van der Waals surface area (Å²) >= 11 is 6.33. The number of amides is 1. The van der Waals surface area contributed by atoms with Gasteiger partial charge in [-0.2, -0.15) is 0 Å². The van der Waals surface area contributed by atoms with Gasteiger partial charge in [0.05, 0.1) is 24.4 Å². The van der Waals surface area contributed by atoms with E-state index in [1.807, 2.05) is 31.2 Å². The zero-order valence-electron chi connectivity index (χ0n) is 17.8. The summed E-state index contributed by atoms with van der Waals surface area (Å²) in [5.41, 5.74) is 3.09. The third-order valence-electron chi connectivity index (χ3n) is 5.29. The van der Waals surface area contributed by atoms with Crippen molar-refractivity contribution in [3.63, 3.8) is 0 Å². The van der Waals surface area contributed by atoms with Crippen molar-refractivity contribution < 1.29 is 14.3 Å². The lowest BCUT2D eigenvalue weighted by atomic mass is 10.1. The molecule has 1 aromatic heterocycles. The molecular formula is C24H26ClN3O3. The van der Waals surface area contributed by atoms with Crippen LogP contribution in [0, 0.1) is 0 Å². The van der Waals surface area contributed by atoms with Gasteiger partial charge in [-0.25, -0.2) is 4.98 Å². The molecule has 2 heterocycles. The van der Waals surface area contributed by atoms with Crippen molar-refractivity contribution in [2.75, 3.05) is 19.0 Å². The topological polar surface area (TPSA) is 65.4 Å². The molecule has 0 spiro atoms. The number of aromatic nitrogens is 2. The van der Waals surface area contributed by atoms with Crippen LogP contribution < -0.4 is 14.8 Å². The number of hydrogen-bond donors (Lipinski definition) is 1. The number of anilines is 1. The van der Waals surface area contributed by atoms with Gasteiger partial charge in [-0.3, -0.25) is 4.79 Å². The number of aryl methyl sites for hydroxylation is 2. The van der Waals surface area contributed by atoms with E-state index in [2.05, 4.69) is 16.1 Å². The molecule has 7 heteroatoms. The molecule has 0 radical (unpaired) electrons. The third kappa shape index (κ3) is 4.69. The maximum Gasteiger partial charge on any atom is 0.255 e. The predicted octanol–water partition coefficient (Wildman–Crippen LogP) is 5.59. The molecule has 6 nitrogen and oxygen atoms in total. The molecule has 0 saturated heterocycles. The normalized spacial score (nSPS) is 12.9. The van der Waals surface area contributed by atoms with Gasteiger partial charge in [-0.15, -0.1) is 0 Å². The van der Waals surface area contributed by atoms with Gasteiger partial charge < -0.3 is 19.4 Å². The van der Waals surface area contributed by atoms with Gasteiger partial charge in [0.15, 0.2) is 11.5 Å². The molecule has 1 amide bonds. The van der Waals surface area contributed by atoms with Crippen molar-refractivity contribution in [1.82, 2.24) is 9.55 Å². The Balaban J connectivity index is 1.48. The smallest absolute Gasteiger partial charge is 0.255 e. The van der Waals surface area contributed by atoms with Crippen molar-refractivity contribution in [2.24, 2.45) is 0 Å². The summed E-state index contributed by atoms with van der Waals surface area (Å²) in [7, 11) is 1.53. The number of carbonyl (C=O) groups excluding carboxylic acids is 1. The number of imidazole rings is 1. The highest BCUT2D eigenvalue weighted by Crippen LogP contribution is 2.36. The molecule has 0 fully saturated rings. The first-order valence-corrected chi connectivity index (χ1v) is 10.9. The summed E-state index contributed by atoms with van der Waals surface area (Å²) in [5, 5.41) is 3.25. The largest absolute Gasteiger partial charge is 0.493 e. The van der Waals surface area contributed by atoms with Crippen LogP contribution in [0.3, 0.4) is 0 Å². The Kier molecular flexibility index (Phi) is 6.47. The Morgan fingerprint density at radius 2 is 2.03 bits per heavy atom. The number of carbonyl (C=O) groups is 1. The third-order valence-corrected chi connectivity index (χ3v) is 5.57. The molecule has 1 aliphatic rings. The van der Waals surface area contributed by atoms with Gasteiger partial charge in [0, 0.05) is 36.0 Å². The Morgan fingerprint density at radius 1 is 1.23 bits per heavy atom. The number of fused-ring (bicyclic) bond motifs is 1. The minimum atomic E-state index is -0.271. The van der Waals surface area contributed by atoms with Crippen LogP contribution in [-0.2, 0) is 13.0 Å². The van der Waals surface area contributed by atoms with Crippen LogP contribution in [-0.4, -0.2) is 29.2 Å². The fraction of sp³-hybridized carbons (Fsp3) is 0.333. The van der Waals surface area contributed by atoms with Gasteiger partial charge in [0.25, 0.3) is 5.91 Å². The molecule has 0 aliphatic carbocycles. The van der Waals surface area contributed by atoms with E-state index in [4.69, 9.17) is 26.1 Å². The van der Waals surface area contributed by atoms with Crippen LogP contribution in [0.5, 0.6) is 11.5 Å². The summed E-state index contributed by atoms with van der Waals surface area (Å²) in [6, 6.07) is 10.9. The molecular weight excluding hydrogens is 414 g/mol. The maximum absolute atomic E-state index is 12.8. The first-order valence-electron chi connectivity index (χ1n) is 10.6. The van der Waals surface area contributed by atoms with Gasteiger partial charge in [0.1, 0.15) is 5.82 Å². The van der Waals surface area contributed by atoms with Crippen LogP contribution in [0.25, 0.3) is 11.3 Å². The summed E-state index contributed by atoms with van der Waals surface area (Å²) in [6.45, 7) is 3.56. The second-order valence-corrected chi connectivity index (χ2v) is 7.97. The molecule has 3 aromatic rings. The fourth-order valence-electron chi connectivity index (χ4n) is 3.67. The van der Waals surface area contributed by atoms with Gasteiger partial charge >= 0.3 is 0 Å². The van der Waals surface area contributed by atoms with Crippen molar-refractivity contribution in [3.05, 3.63) is 59.0 Å². The van der Waals surface area contributed by atoms with E-state index in [0.29, 0.717) is 34.4 Å². The summed E-state index contributed by atoms with van der Waals surface area (Å²) in [4.78, 5) is 17.5. The first-order chi connectivity index (χ1) is 15.1. The fourth-order valence-corrected chi connectivity index (χ4v) is 3.94. The first kappa shape index (κ1) is 21.2. The Labute approximate surface area is 187 Å². The van der Waals surface area contributed by atoms with E-state index in [9.17, 15) is 4.79 Å². The van der Waals surface area contributed by atoms with E-state index < -0.39 is 0 Å². The van der Waals surface area contributed by atoms with Crippen molar-refractivity contribution in [1.29, 1.82) is 0 Å². The van der Waals surface area contributed by atoms with Crippen LogP contribution in [0.15, 0.2) is 42.6 Å². The van der Waals surface area contributed by atoms with Crippen molar-refractivity contribution >= 4 is 23.2 Å². The molecule has 1 N–H and O–H groups in total. The highest BCUT2D eigenvalue weighted by atomic mass is 35.5. The van der Waals surface area contributed by atoms with Gasteiger partial charge in [-0.1, -0.05) is 30.7 Å². The summed E-state index contributed by atoms with van der Waals surface area (Å²) in [5.74, 6) is 1.77. The molecule has 0 bridgehead atoms. The van der Waals surface area contributed by atoms with Crippen LogP contribution in [0.2, 0.25) is 5.02 Å².